The number of fused-ring (bicyclic) bond motifs is 1. The smallest absolute Gasteiger partial charge is 0.289 e. The Bertz CT molecular complexity index is 1120. The lowest BCUT2D eigenvalue weighted by Crippen LogP contribution is -2.49. The molecule has 0 spiro atoms. The van der Waals surface area contributed by atoms with Gasteiger partial charge in [-0.3, -0.25) is 9.59 Å². The molecule has 150 valence electrons. The molecule has 0 saturated carbocycles. The summed E-state index contributed by atoms with van der Waals surface area (Å²) >= 11 is 0. The fourth-order valence-electron chi connectivity index (χ4n) is 3.46. The van der Waals surface area contributed by atoms with Crippen molar-refractivity contribution in [3.63, 3.8) is 0 Å². The molecule has 0 radical (unpaired) electrons. The zero-order valence-electron chi connectivity index (χ0n) is 16.8. The second kappa shape index (κ2) is 7.62. The summed E-state index contributed by atoms with van der Waals surface area (Å²) in [4.78, 5) is 45.2. The molecule has 1 aliphatic heterocycles. The van der Waals surface area contributed by atoms with Crippen molar-refractivity contribution in [2.45, 2.75) is 26.7 Å². The van der Waals surface area contributed by atoms with Crippen LogP contribution in [-0.2, 0) is 0 Å². The lowest BCUT2D eigenvalue weighted by atomic mass is 10.1. The molecule has 0 bridgehead atoms. The monoisotopic (exact) mass is 392 g/mol. The summed E-state index contributed by atoms with van der Waals surface area (Å²) < 4.78 is 0. The highest BCUT2D eigenvalue weighted by Crippen LogP contribution is 2.18. The number of hydrogen-bond acceptors (Lipinski definition) is 6. The van der Waals surface area contributed by atoms with E-state index >= 15 is 0 Å². The van der Waals surface area contributed by atoms with Crippen molar-refractivity contribution in [2.75, 3.05) is 31.1 Å². The molecule has 8 heteroatoms. The van der Waals surface area contributed by atoms with Gasteiger partial charge in [0.15, 0.2) is 5.82 Å². The third-order valence-corrected chi connectivity index (χ3v) is 5.12. The summed E-state index contributed by atoms with van der Waals surface area (Å²) in [6.07, 6.45) is 0. The van der Waals surface area contributed by atoms with E-state index in [1.54, 1.807) is 29.2 Å². The zero-order valence-corrected chi connectivity index (χ0v) is 16.8. The molecule has 0 unspecified atom stereocenters. The van der Waals surface area contributed by atoms with Crippen molar-refractivity contribution in [1.29, 1.82) is 0 Å². The minimum atomic E-state index is -0.299. The second-order valence-corrected chi connectivity index (χ2v) is 7.60. The first-order valence-electron chi connectivity index (χ1n) is 9.81. The standard InChI is InChI=1S/C21H24N6O2/c1-13(2)17-12-14(3)22-21(24-17)27-10-8-26(9-11-27)20(29)18-23-16-7-5-4-6-15(16)19(28)25-18/h4-7,12-13H,8-11H2,1-3H3,(H,23,25,28). The van der Waals surface area contributed by atoms with Crippen LogP contribution in [-0.4, -0.2) is 56.9 Å². The number of aromatic amines is 1. The Labute approximate surface area is 168 Å². The fraction of sp³-hybridized carbons (Fsp3) is 0.381. The normalized spacial score (nSPS) is 14.6. The van der Waals surface area contributed by atoms with Crippen molar-refractivity contribution in [3.05, 3.63) is 57.9 Å². The summed E-state index contributed by atoms with van der Waals surface area (Å²) in [7, 11) is 0. The molecule has 3 aromatic rings. The summed E-state index contributed by atoms with van der Waals surface area (Å²) in [6, 6.07) is 9.02. The van der Waals surface area contributed by atoms with Crippen LogP contribution < -0.4 is 10.5 Å². The molecule has 1 saturated heterocycles. The van der Waals surface area contributed by atoms with Crippen LogP contribution in [0.15, 0.2) is 35.1 Å². The van der Waals surface area contributed by atoms with Crippen LogP contribution in [0, 0.1) is 6.92 Å². The molecule has 1 N–H and O–H groups in total. The van der Waals surface area contributed by atoms with Gasteiger partial charge in [0.05, 0.1) is 10.9 Å². The molecule has 1 amide bonds. The number of H-pyrrole nitrogens is 1. The van der Waals surface area contributed by atoms with Crippen LogP contribution in [0.4, 0.5) is 5.95 Å². The van der Waals surface area contributed by atoms with Crippen LogP contribution in [0.25, 0.3) is 10.9 Å². The lowest BCUT2D eigenvalue weighted by molar-refractivity contribution is 0.0734. The number of nitrogens with zero attached hydrogens (tertiary/aromatic N) is 5. The van der Waals surface area contributed by atoms with E-state index < -0.39 is 0 Å². The summed E-state index contributed by atoms with van der Waals surface area (Å²) in [5.74, 6) is 0.851. The number of rotatable bonds is 3. The Kier molecular flexibility index (Phi) is 5.00. The minimum Gasteiger partial charge on any atom is -0.337 e. The van der Waals surface area contributed by atoms with E-state index in [-0.39, 0.29) is 17.3 Å². The second-order valence-electron chi connectivity index (χ2n) is 7.60. The van der Waals surface area contributed by atoms with E-state index in [9.17, 15) is 9.59 Å². The summed E-state index contributed by atoms with van der Waals surface area (Å²) in [5.41, 5.74) is 2.18. The van der Waals surface area contributed by atoms with E-state index in [1.807, 2.05) is 13.0 Å². The molecule has 3 heterocycles. The first kappa shape index (κ1) is 19.0. The number of hydrogen-bond donors (Lipinski definition) is 1. The van der Waals surface area contributed by atoms with Gasteiger partial charge in [0, 0.05) is 37.6 Å². The van der Waals surface area contributed by atoms with Crippen LogP contribution >= 0.6 is 0 Å². The number of carbonyl (C=O) groups excluding carboxylic acids is 1. The van der Waals surface area contributed by atoms with Gasteiger partial charge in [0.1, 0.15) is 0 Å². The molecule has 1 fully saturated rings. The Hall–Kier alpha value is -3.29. The molecule has 8 nitrogen and oxygen atoms in total. The van der Waals surface area contributed by atoms with Crippen molar-refractivity contribution in [2.24, 2.45) is 0 Å². The predicted octanol–water partition coefficient (Wildman–Crippen LogP) is 2.11. The highest BCUT2D eigenvalue weighted by molar-refractivity contribution is 5.92. The molecule has 1 aromatic carbocycles. The van der Waals surface area contributed by atoms with Gasteiger partial charge in [-0.05, 0) is 31.0 Å². The first-order valence-corrected chi connectivity index (χ1v) is 9.81. The maximum absolute atomic E-state index is 12.9. The van der Waals surface area contributed by atoms with Crippen LogP contribution in [0.1, 0.15) is 41.8 Å². The molecule has 0 aliphatic carbocycles. The zero-order chi connectivity index (χ0) is 20.5. The van der Waals surface area contributed by atoms with Gasteiger partial charge in [0.25, 0.3) is 11.5 Å². The van der Waals surface area contributed by atoms with Gasteiger partial charge in [-0.15, -0.1) is 0 Å². The first-order chi connectivity index (χ1) is 13.9. The van der Waals surface area contributed by atoms with Crippen molar-refractivity contribution >= 4 is 22.8 Å². The molecule has 0 atom stereocenters. The Morgan fingerprint density at radius 1 is 1.07 bits per heavy atom. The number of nitrogens with one attached hydrogen (secondary N) is 1. The average Bonchev–Trinajstić information content (AvgIpc) is 2.73. The number of aromatic nitrogens is 4. The van der Waals surface area contributed by atoms with Gasteiger partial charge in [-0.1, -0.05) is 26.0 Å². The van der Waals surface area contributed by atoms with Crippen molar-refractivity contribution < 1.29 is 4.79 Å². The predicted molar refractivity (Wildman–Crippen MR) is 111 cm³/mol. The fourth-order valence-corrected chi connectivity index (χ4v) is 3.46. The third-order valence-electron chi connectivity index (χ3n) is 5.12. The van der Waals surface area contributed by atoms with E-state index in [0.29, 0.717) is 48.9 Å². The van der Waals surface area contributed by atoms with Crippen molar-refractivity contribution in [1.82, 2.24) is 24.8 Å². The highest BCUT2D eigenvalue weighted by Gasteiger charge is 2.25. The van der Waals surface area contributed by atoms with Gasteiger partial charge in [0.2, 0.25) is 5.95 Å². The van der Waals surface area contributed by atoms with Crippen molar-refractivity contribution in [3.8, 4) is 0 Å². The number of amides is 1. The Morgan fingerprint density at radius 2 is 1.79 bits per heavy atom. The van der Waals surface area contributed by atoms with Gasteiger partial charge < -0.3 is 14.8 Å². The van der Waals surface area contributed by atoms with E-state index in [2.05, 4.69) is 38.7 Å². The largest absolute Gasteiger partial charge is 0.337 e. The topological polar surface area (TPSA) is 95.1 Å². The average molecular weight is 392 g/mol. The quantitative estimate of drug-likeness (QED) is 0.734. The third kappa shape index (κ3) is 3.83. The maximum Gasteiger partial charge on any atom is 0.289 e. The van der Waals surface area contributed by atoms with Gasteiger partial charge in [-0.2, -0.15) is 0 Å². The SMILES string of the molecule is Cc1cc(C(C)C)nc(N2CCN(C(=O)c3nc4ccccc4c(=O)[nH]3)CC2)n1. The van der Waals surface area contributed by atoms with Crippen LogP contribution in [0.3, 0.4) is 0 Å². The minimum absolute atomic E-state index is 0.0797. The van der Waals surface area contributed by atoms with Crippen LogP contribution in [0.5, 0.6) is 0 Å². The molecule has 1 aliphatic rings. The van der Waals surface area contributed by atoms with E-state index in [1.165, 1.54) is 0 Å². The Morgan fingerprint density at radius 3 is 2.52 bits per heavy atom. The van der Waals surface area contributed by atoms with Gasteiger partial charge >= 0.3 is 0 Å². The highest BCUT2D eigenvalue weighted by atomic mass is 16.2. The number of benzene rings is 1. The number of anilines is 1. The summed E-state index contributed by atoms with van der Waals surface area (Å²) in [5, 5.41) is 0.478. The maximum atomic E-state index is 12.9. The summed E-state index contributed by atoms with van der Waals surface area (Å²) in [6.45, 7) is 8.49. The molecular weight excluding hydrogens is 368 g/mol. The number of piperazine rings is 1. The Balaban J connectivity index is 1.50. The number of para-hydroxylation sites is 1. The lowest BCUT2D eigenvalue weighted by Gasteiger charge is -2.34. The molecular formula is C21H24N6O2. The van der Waals surface area contributed by atoms with E-state index in [0.717, 1.165) is 11.4 Å². The van der Waals surface area contributed by atoms with Gasteiger partial charge in [-0.25, -0.2) is 15.0 Å². The molecule has 2 aromatic heterocycles. The molecule has 29 heavy (non-hydrogen) atoms. The van der Waals surface area contributed by atoms with E-state index in [4.69, 9.17) is 0 Å². The van der Waals surface area contributed by atoms with Crippen LogP contribution in [0.2, 0.25) is 0 Å². The molecule has 4 rings (SSSR count). The number of carbonyl (C=O) groups is 1. The number of aryl methyl sites for hydroxylation is 1.